The maximum atomic E-state index is 12.2. The van der Waals surface area contributed by atoms with E-state index in [0.29, 0.717) is 11.7 Å². The number of hydrogen-bond donors (Lipinski definition) is 1. The van der Waals surface area contributed by atoms with Crippen molar-refractivity contribution in [3.63, 3.8) is 0 Å². The van der Waals surface area contributed by atoms with Crippen LogP contribution < -0.4 is 5.32 Å². The lowest BCUT2D eigenvalue weighted by atomic mass is 9.95. The van der Waals surface area contributed by atoms with Crippen molar-refractivity contribution in [3.05, 3.63) is 17.8 Å². The Hall–Kier alpha value is -1.65. The first-order valence-corrected chi connectivity index (χ1v) is 7.72. The highest BCUT2D eigenvalue weighted by Gasteiger charge is 2.21. The van der Waals surface area contributed by atoms with E-state index in [1.54, 1.807) is 6.07 Å². The summed E-state index contributed by atoms with van der Waals surface area (Å²) in [7, 11) is 0. The minimum absolute atomic E-state index is 0.0132. The standard InChI is InChI=1S/C15H22N4O/c20-15(19-10-4-5-11-19)13-8-9-14(18-17-13)16-12-6-2-1-3-7-12/h8-9,12H,1-7,10-11H2,(H,16,18). The summed E-state index contributed by atoms with van der Waals surface area (Å²) in [5.41, 5.74) is 0.459. The molecule has 1 saturated carbocycles. The van der Waals surface area contributed by atoms with E-state index in [1.807, 2.05) is 11.0 Å². The van der Waals surface area contributed by atoms with Crippen LogP contribution in [0.1, 0.15) is 55.4 Å². The molecule has 1 N–H and O–H groups in total. The molecule has 1 aromatic rings. The van der Waals surface area contributed by atoms with E-state index in [1.165, 1.54) is 32.1 Å². The number of amides is 1. The second kappa shape index (κ2) is 6.20. The summed E-state index contributed by atoms with van der Waals surface area (Å²) < 4.78 is 0. The minimum atomic E-state index is 0.0132. The van der Waals surface area contributed by atoms with Crippen LogP contribution in [0.3, 0.4) is 0 Å². The highest BCUT2D eigenvalue weighted by molar-refractivity contribution is 5.92. The van der Waals surface area contributed by atoms with E-state index >= 15 is 0 Å². The summed E-state index contributed by atoms with van der Waals surface area (Å²) in [6, 6.07) is 4.18. The van der Waals surface area contributed by atoms with Crippen LogP contribution in [-0.4, -0.2) is 40.1 Å². The molecule has 2 aliphatic rings. The molecule has 1 aromatic heterocycles. The summed E-state index contributed by atoms with van der Waals surface area (Å²) in [4.78, 5) is 14.0. The van der Waals surface area contributed by atoms with Gasteiger partial charge in [0.05, 0.1) is 0 Å². The number of carbonyl (C=O) groups excluding carboxylic acids is 1. The monoisotopic (exact) mass is 274 g/mol. The van der Waals surface area contributed by atoms with Crippen molar-refractivity contribution in [1.82, 2.24) is 15.1 Å². The molecule has 5 nitrogen and oxygen atoms in total. The molecule has 108 valence electrons. The van der Waals surface area contributed by atoms with Crippen LogP contribution in [0.4, 0.5) is 5.82 Å². The lowest BCUT2D eigenvalue weighted by Crippen LogP contribution is -2.29. The third-order valence-corrected chi connectivity index (χ3v) is 4.23. The quantitative estimate of drug-likeness (QED) is 0.920. The number of carbonyl (C=O) groups is 1. The molecule has 3 rings (SSSR count). The third-order valence-electron chi connectivity index (χ3n) is 4.23. The molecular formula is C15H22N4O. The average Bonchev–Trinajstić information content (AvgIpc) is 3.03. The number of aromatic nitrogens is 2. The number of hydrogen-bond acceptors (Lipinski definition) is 4. The van der Waals surface area contributed by atoms with Gasteiger partial charge in [-0.2, -0.15) is 0 Å². The molecule has 1 saturated heterocycles. The normalized spacial score (nSPS) is 20.1. The molecule has 0 bridgehead atoms. The van der Waals surface area contributed by atoms with Gasteiger partial charge in [-0.15, -0.1) is 10.2 Å². The topological polar surface area (TPSA) is 58.1 Å². The van der Waals surface area contributed by atoms with Gasteiger partial charge >= 0.3 is 0 Å². The van der Waals surface area contributed by atoms with Crippen LogP contribution in [-0.2, 0) is 0 Å². The third kappa shape index (κ3) is 3.08. The summed E-state index contributed by atoms with van der Waals surface area (Å²) in [6.07, 6.45) is 8.52. The summed E-state index contributed by atoms with van der Waals surface area (Å²) in [5, 5.41) is 11.7. The van der Waals surface area contributed by atoms with Crippen LogP contribution in [0.15, 0.2) is 12.1 Å². The molecule has 1 amide bonds. The molecule has 0 spiro atoms. The zero-order chi connectivity index (χ0) is 13.8. The van der Waals surface area contributed by atoms with Gasteiger partial charge in [-0.3, -0.25) is 4.79 Å². The fraction of sp³-hybridized carbons (Fsp3) is 0.667. The predicted octanol–water partition coefficient (Wildman–Crippen LogP) is 2.46. The summed E-state index contributed by atoms with van der Waals surface area (Å²) in [6.45, 7) is 1.70. The number of likely N-dealkylation sites (tertiary alicyclic amines) is 1. The van der Waals surface area contributed by atoms with E-state index in [4.69, 9.17) is 0 Å². The van der Waals surface area contributed by atoms with E-state index in [-0.39, 0.29) is 5.91 Å². The van der Waals surface area contributed by atoms with Gasteiger partial charge in [0.15, 0.2) is 5.69 Å². The van der Waals surface area contributed by atoms with Crippen molar-refractivity contribution in [3.8, 4) is 0 Å². The van der Waals surface area contributed by atoms with Gasteiger partial charge in [0, 0.05) is 19.1 Å². The molecule has 0 aromatic carbocycles. The Kier molecular flexibility index (Phi) is 4.14. The molecule has 1 aliphatic heterocycles. The van der Waals surface area contributed by atoms with Gasteiger partial charge in [0.25, 0.3) is 5.91 Å². The van der Waals surface area contributed by atoms with Gasteiger partial charge < -0.3 is 10.2 Å². The number of nitrogens with zero attached hydrogens (tertiary/aromatic N) is 3. The van der Waals surface area contributed by atoms with E-state index in [9.17, 15) is 4.79 Å². The second-order valence-corrected chi connectivity index (χ2v) is 5.78. The number of rotatable bonds is 3. The number of nitrogens with one attached hydrogen (secondary N) is 1. The Morgan fingerprint density at radius 1 is 1.05 bits per heavy atom. The minimum Gasteiger partial charge on any atom is -0.366 e. The van der Waals surface area contributed by atoms with Gasteiger partial charge in [0.2, 0.25) is 0 Å². The Morgan fingerprint density at radius 2 is 1.80 bits per heavy atom. The first-order valence-electron chi connectivity index (χ1n) is 7.72. The van der Waals surface area contributed by atoms with Crippen LogP contribution in [0.5, 0.6) is 0 Å². The molecule has 1 aliphatic carbocycles. The van der Waals surface area contributed by atoms with Crippen LogP contribution >= 0.6 is 0 Å². The largest absolute Gasteiger partial charge is 0.366 e. The Balaban J connectivity index is 1.60. The van der Waals surface area contributed by atoms with Crippen molar-refractivity contribution in [2.45, 2.75) is 51.0 Å². The Morgan fingerprint density at radius 3 is 2.45 bits per heavy atom. The van der Waals surface area contributed by atoms with E-state index < -0.39 is 0 Å². The van der Waals surface area contributed by atoms with Gasteiger partial charge in [-0.25, -0.2) is 0 Å². The zero-order valence-corrected chi connectivity index (χ0v) is 11.8. The molecule has 0 unspecified atom stereocenters. The SMILES string of the molecule is O=C(c1ccc(NC2CCCCC2)nn1)N1CCCC1. The highest BCUT2D eigenvalue weighted by atomic mass is 16.2. The van der Waals surface area contributed by atoms with Crippen molar-refractivity contribution in [1.29, 1.82) is 0 Å². The fourth-order valence-corrected chi connectivity index (χ4v) is 3.06. The fourth-order valence-electron chi connectivity index (χ4n) is 3.06. The molecule has 2 fully saturated rings. The first kappa shape index (κ1) is 13.3. The maximum absolute atomic E-state index is 12.2. The summed E-state index contributed by atoms with van der Waals surface area (Å²) >= 11 is 0. The molecule has 2 heterocycles. The first-order chi connectivity index (χ1) is 9.83. The van der Waals surface area contributed by atoms with Gasteiger partial charge in [-0.1, -0.05) is 19.3 Å². The smallest absolute Gasteiger partial charge is 0.274 e. The molecule has 5 heteroatoms. The molecule has 0 radical (unpaired) electrons. The van der Waals surface area contributed by atoms with Crippen molar-refractivity contribution in [2.75, 3.05) is 18.4 Å². The van der Waals surface area contributed by atoms with Crippen LogP contribution in [0, 0.1) is 0 Å². The van der Waals surface area contributed by atoms with Gasteiger partial charge in [0.1, 0.15) is 5.82 Å². The van der Waals surface area contributed by atoms with Crippen molar-refractivity contribution >= 4 is 11.7 Å². The molecule has 20 heavy (non-hydrogen) atoms. The van der Waals surface area contributed by atoms with Crippen LogP contribution in [0.25, 0.3) is 0 Å². The lowest BCUT2D eigenvalue weighted by molar-refractivity contribution is 0.0786. The van der Waals surface area contributed by atoms with Crippen molar-refractivity contribution < 1.29 is 4.79 Å². The predicted molar refractivity (Wildman–Crippen MR) is 77.7 cm³/mol. The molecular weight excluding hydrogens is 252 g/mol. The lowest BCUT2D eigenvalue weighted by Gasteiger charge is -2.23. The van der Waals surface area contributed by atoms with Gasteiger partial charge in [-0.05, 0) is 37.8 Å². The van der Waals surface area contributed by atoms with Crippen molar-refractivity contribution in [2.24, 2.45) is 0 Å². The highest BCUT2D eigenvalue weighted by Crippen LogP contribution is 2.20. The summed E-state index contributed by atoms with van der Waals surface area (Å²) in [5.74, 6) is 0.800. The van der Waals surface area contributed by atoms with Crippen LogP contribution in [0.2, 0.25) is 0 Å². The Bertz CT molecular complexity index is 447. The average molecular weight is 274 g/mol. The van der Waals surface area contributed by atoms with E-state index in [0.717, 1.165) is 31.7 Å². The number of anilines is 1. The zero-order valence-electron chi connectivity index (χ0n) is 11.8. The van der Waals surface area contributed by atoms with E-state index in [2.05, 4.69) is 15.5 Å². The maximum Gasteiger partial charge on any atom is 0.274 e. The second-order valence-electron chi connectivity index (χ2n) is 5.78. The molecule has 0 atom stereocenters. The Labute approximate surface area is 119 Å².